The van der Waals surface area contributed by atoms with Gasteiger partial charge in [-0.3, -0.25) is 0 Å². The first-order valence-electron chi connectivity index (χ1n) is 4.92. The van der Waals surface area contributed by atoms with Crippen molar-refractivity contribution in [2.75, 3.05) is 5.73 Å². The molecule has 0 unspecified atom stereocenters. The number of hydrogen-bond donors (Lipinski definition) is 2. The van der Waals surface area contributed by atoms with Crippen LogP contribution in [0.4, 0.5) is 5.69 Å². The zero-order chi connectivity index (χ0) is 10.5. The molecule has 0 amide bonds. The molecule has 3 nitrogen and oxygen atoms in total. The van der Waals surface area contributed by atoms with E-state index in [1.807, 2.05) is 36.4 Å². The highest BCUT2D eigenvalue weighted by Gasteiger charge is 1.95. The van der Waals surface area contributed by atoms with Crippen LogP contribution in [-0.2, 0) is 13.1 Å². The van der Waals surface area contributed by atoms with E-state index in [1.54, 1.807) is 6.26 Å². The van der Waals surface area contributed by atoms with Crippen molar-refractivity contribution < 1.29 is 4.42 Å². The van der Waals surface area contributed by atoms with Gasteiger partial charge in [-0.2, -0.15) is 0 Å². The Bertz CT molecular complexity index is 392. The number of hydrogen-bond acceptors (Lipinski definition) is 3. The van der Waals surface area contributed by atoms with E-state index in [-0.39, 0.29) is 0 Å². The molecule has 0 bridgehead atoms. The van der Waals surface area contributed by atoms with Crippen molar-refractivity contribution in [2.45, 2.75) is 13.1 Å². The Balaban J connectivity index is 1.81. The van der Waals surface area contributed by atoms with Crippen LogP contribution in [-0.4, -0.2) is 0 Å². The summed E-state index contributed by atoms with van der Waals surface area (Å²) in [7, 11) is 0. The molecule has 1 aromatic carbocycles. The Morgan fingerprint density at radius 3 is 2.53 bits per heavy atom. The average molecular weight is 202 g/mol. The summed E-state index contributed by atoms with van der Waals surface area (Å²) in [6.07, 6.45) is 1.68. The molecule has 78 valence electrons. The Kier molecular flexibility index (Phi) is 3.05. The van der Waals surface area contributed by atoms with E-state index in [0.717, 1.165) is 24.5 Å². The van der Waals surface area contributed by atoms with E-state index in [4.69, 9.17) is 10.2 Å². The second kappa shape index (κ2) is 4.66. The van der Waals surface area contributed by atoms with Crippen molar-refractivity contribution in [3.05, 3.63) is 54.0 Å². The van der Waals surface area contributed by atoms with E-state index < -0.39 is 0 Å². The summed E-state index contributed by atoms with van der Waals surface area (Å²) in [5, 5.41) is 3.29. The number of furan rings is 1. The van der Waals surface area contributed by atoms with Crippen molar-refractivity contribution >= 4 is 5.69 Å². The van der Waals surface area contributed by atoms with Crippen LogP contribution in [0.5, 0.6) is 0 Å². The van der Waals surface area contributed by atoms with Crippen molar-refractivity contribution in [1.29, 1.82) is 0 Å². The quantitative estimate of drug-likeness (QED) is 0.747. The molecule has 1 heterocycles. The maximum Gasteiger partial charge on any atom is 0.117 e. The van der Waals surface area contributed by atoms with Crippen molar-refractivity contribution in [2.24, 2.45) is 0 Å². The molecule has 0 spiro atoms. The fourth-order valence-corrected chi connectivity index (χ4v) is 1.38. The van der Waals surface area contributed by atoms with Crippen LogP contribution in [0.25, 0.3) is 0 Å². The van der Waals surface area contributed by atoms with Gasteiger partial charge in [0.1, 0.15) is 5.76 Å². The monoisotopic (exact) mass is 202 g/mol. The minimum atomic E-state index is 0.747. The molecule has 2 rings (SSSR count). The number of nitrogen functional groups attached to an aromatic ring is 1. The van der Waals surface area contributed by atoms with E-state index in [0.29, 0.717) is 0 Å². The van der Waals surface area contributed by atoms with Gasteiger partial charge in [0.15, 0.2) is 0 Å². The third-order valence-electron chi connectivity index (χ3n) is 2.19. The van der Waals surface area contributed by atoms with Crippen molar-refractivity contribution in [1.82, 2.24) is 5.32 Å². The fraction of sp³-hybridized carbons (Fsp3) is 0.167. The minimum absolute atomic E-state index is 0.747. The number of benzene rings is 1. The molecule has 0 saturated heterocycles. The molecule has 0 atom stereocenters. The highest BCUT2D eigenvalue weighted by atomic mass is 16.3. The Morgan fingerprint density at radius 1 is 1.07 bits per heavy atom. The molecular weight excluding hydrogens is 188 g/mol. The van der Waals surface area contributed by atoms with Gasteiger partial charge in [-0.15, -0.1) is 0 Å². The van der Waals surface area contributed by atoms with Gasteiger partial charge >= 0.3 is 0 Å². The smallest absolute Gasteiger partial charge is 0.117 e. The van der Waals surface area contributed by atoms with Crippen LogP contribution in [0.2, 0.25) is 0 Å². The van der Waals surface area contributed by atoms with Gasteiger partial charge in [-0.05, 0) is 29.8 Å². The van der Waals surface area contributed by atoms with Gasteiger partial charge < -0.3 is 15.5 Å². The van der Waals surface area contributed by atoms with Crippen LogP contribution in [0.3, 0.4) is 0 Å². The third-order valence-corrected chi connectivity index (χ3v) is 2.19. The van der Waals surface area contributed by atoms with Crippen LogP contribution in [0.15, 0.2) is 47.1 Å². The third kappa shape index (κ3) is 2.86. The molecule has 1 aromatic heterocycles. The van der Waals surface area contributed by atoms with Gasteiger partial charge in [0, 0.05) is 12.2 Å². The lowest BCUT2D eigenvalue weighted by Crippen LogP contribution is -2.11. The topological polar surface area (TPSA) is 51.2 Å². The summed E-state index contributed by atoms with van der Waals surface area (Å²) in [5.41, 5.74) is 7.61. The van der Waals surface area contributed by atoms with E-state index in [2.05, 4.69) is 5.32 Å². The summed E-state index contributed by atoms with van der Waals surface area (Å²) in [5.74, 6) is 0.949. The number of anilines is 1. The number of nitrogens with two attached hydrogens (primary N) is 1. The van der Waals surface area contributed by atoms with Crippen LogP contribution in [0.1, 0.15) is 11.3 Å². The molecule has 3 heteroatoms. The number of rotatable bonds is 4. The predicted octanol–water partition coefficient (Wildman–Crippen LogP) is 2.15. The highest BCUT2D eigenvalue weighted by molar-refractivity contribution is 5.39. The SMILES string of the molecule is Nc1ccc(CNCc2ccco2)cc1. The molecular formula is C12H14N2O. The van der Waals surface area contributed by atoms with Gasteiger partial charge in [-0.1, -0.05) is 12.1 Å². The first-order valence-corrected chi connectivity index (χ1v) is 4.92. The molecule has 0 aliphatic rings. The van der Waals surface area contributed by atoms with Crippen molar-refractivity contribution in [3.63, 3.8) is 0 Å². The largest absolute Gasteiger partial charge is 0.468 e. The molecule has 0 fully saturated rings. The summed E-state index contributed by atoms with van der Waals surface area (Å²) in [6.45, 7) is 1.57. The molecule has 0 radical (unpaired) electrons. The van der Waals surface area contributed by atoms with Gasteiger partial charge in [0.25, 0.3) is 0 Å². The Hall–Kier alpha value is -1.74. The normalized spacial score (nSPS) is 10.4. The van der Waals surface area contributed by atoms with Crippen molar-refractivity contribution in [3.8, 4) is 0 Å². The van der Waals surface area contributed by atoms with E-state index in [1.165, 1.54) is 5.56 Å². The molecule has 0 aliphatic carbocycles. The second-order valence-electron chi connectivity index (χ2n) is 3.42. The lowest BCUT2D eigenvalue weighted by Gasteiger charge is -2.03. The van der Waals surface area contributed by atoms with Gasteiger partial charge in [0.2, 0.25) is 0 Å². The predicted molar refractivity (Wildman–Crippen MR) is 60.1 cm³/mol. The highest BCUT2D eigenvalue weighted by Crippen LogP contribution is 2.05. The summed E-state index contributed by atoms with van der Waals surface area (Å²) in [4.78, 5) is 0. The van der Waals surface area contributed by atoms with Crippen LogP contribution >= 0.6 is 0 Å². The minimum Gasteiger partial charge on any atom is -0.468 e. The molecule has 15 heavy (non-hydrogen) atoms. The Labute approximate surface area is 88.9 Å². The number of nitrogens with one attached hydrogen (secondary N) is 1. The zero-order valence-electron chi connectivity index (χ0n) is 8.44. The second-order valence-corrected chi connectivity index (χ2v) is 3.42. The first-order chi connectivity index (χ1) is 7.34. The molecule has 2 aromatic rings. The Morgan fingerprint density at radius 2 is 1.87 bits per heavy atom. The standard InChI is InChI=1S/C12H14N2O/c13-11-5-3-10(4-6-11)8-14-9-12-2-1-7-15-12/h1-7,14H,8-9,13H2. The van der Waals surface area contributed by atoms with Crippen LogP contribution < -0.4 is 11.1 Å². The average Bonchev–Trinajstić information content (AvgIpc) is 2.74. The maximum absolute atomic E-state index is 5.60. The lowest BCUT2D eigenvalue weighted by molar-refractivity contribution is 0.483. The fourth-order valence-electron chi connectivity index (χ4n) is 1.38. The maximum atomic E-state index is 5.60. The van der Waals surface area contributed by atoms with E-state index >= 15 is 0 Å². The van der Waals surface area contributed by atoms with Gasteiger partial charge in [-0.25, -0.2) is 0 Å². The van der Waals surface area contributed by atoms with Gasteiger partial charge in [0.05, 0.1) is 12.8 Å². The van der Waals surface area contributed by atoms with E-state index in [9.17, 15) is 0 Å². The van der Waals surface area contributed by atoms with Crippen LogP contribution in [0, 0.1) is 0 Å². The summed E-state index contributed by atoms with van der Waals surface area (Å²) in [6, 6.07) is 11.7. The zero-order valence-corrected chi connectivity index (χ0v) is 8.44. The summed E-state index contributed by atoms with van der Waals surface area (Å²) < 4.78 is 5.21. The molecule has 0 aliphatic heterocycles. The summed E-state index contributed by atoms with van der Waals surface area (Å²) >= 11 is 0. The molecule has 3 N–H and O–H groups in total. The molecule has 0 saturated carbocycles. The first kappa shape index (κ1) is 9.80. The lowest BCUT2D eigenvalue weighted by atomic mass is 10.2.